The molecule has 8 heteroatoms. The van der Waals surface area contributed by atoms with E-state index in [0.29, 0.717) is 25.1 Å². The van der Waals surface area contributed by atoms with Gasteiger partial charge in [0.1, 0.15) is 0 Å². The second kappa shape index (κ2) is 8.98. The van der Waals surface area contributed by atoms with E-state index in [1.807, 2.05) is 17.0 Å². The molecule has 3 aromatic rings. The summed E-state index contributed by atoms with van der Waals surface area (Å²) in [5, 5.41) is 8.73. The van der Waals surface area contributed by atoms with Gasteiger partial charge in [0.05, 0.1) is 12.7 Å². The third-order valence-electron chi connectivity index (χ3n) is 5.91. The standard InChI is InChI=1S/C24H30N6O2/c1-16(2)20-13-19(24(32)28(3)4)12-18-14-21(26-23(18)20)17-6-5-9-29(15-17)22(31)7-10-30-11-8-25-27-30/h6,8,11-14,16,26H,5,7,9-10,15H2,1-4H3. The fourth-order valence-corrected chi connectivity index (χ4v) is 4.15. The lowest BCUT2D eigenvalue weighted by Crippen LogP contribution is -2.36. The molecule has 8 nitrogen and oxygen atoms in total. The van der Waals surface area contributed by atoms with Crippen molar-refractivity contribution in [3.63, 3.8) is 0 Å². The molecule has 3 heterocycles. The molecule has 2 aromatic heterocycles. The molecule has 0 bridgehead atoms. The van der Waals surface area contributed by atoms with Crippen molar-refractivity contribution >= 4 is 28.3 Å². The number of benzene rings is 1. The number of nitrogens with one attached hydrogen (secondary N) is 1. The van der Waals surface area contributed by atoms with Crippen LogP contribution in [-0.2, 0) is 11.3 Å². The Morgan fingerprint density at radius 2 is 2.03 bits per heavy atom. The van der Waals surface area contributed by atoms with Crippen LogP contribution in [0.2, 0.25) is 0 Å². The van der Waals surface area contributed by atoms with E-state index in [2.05, 4.69) is 41.3 Å². The summed E-state index contributed by atoms with van der Waals surface area (Å²) >= 11 is 0. The van der Waals surface area contributed by atoms with Crippen molar-refractivity contribution in [2.45, 2.75) is 39.2 Å². The van der Waals surface area contributed by atoms with Gasteiger partial charge in [0.2, 0.25) is 5.91 Å². The Labute approximate surface area is 187 Å². The number of aromatic nitrogens is 4. The van der Waals surface area contributed by atoms with Gasteiger partial charge in [0.15, 0.2) is 0 Å². The van der Waals surface area contributed by atoms with Crippen molar-refractivity contribution in [2.75, 3.05) is 27.2 Å². The maximum atomic E-state index is 12.8. The molecule has 1 aliphatic heterocycles. The molecule has 32 heavy (non-hydrogen) atoms. The number of carbonyl (C=O) groups excluding carboxylic acids is 2. The molecule has 1 N–H and O–H groups in total. The Bertz CT molecular complexity index is 1160. The molecule has 1 aromatic carbocycles. The van der Waals surface area contributed by atoms with E-state index >= 15 is 0 Å². The summed E-state index contributed by atoms with van der Waals surface area (Å²) in [6, 6.07) is 6.04. The van der Waals surface area contributed by atoms with Crippen LogP contribution in [0.3, 0.4) is 0 Å². The van der Waals surface area contributed by atoms with E-state index in [0.717, 1.165) is 40.7 Å². The molecule has 0 atom stereocenters. The highest BCUT2D eigenvalue weighted by molar-refractivity contribution is 6.00. The van der Waals surface area contributed by atoms with Gasteiger partial charge < -0.3 is 14.8 Å². The van der Waals surface area contributed by atoms with Crippen molar-refractivity contribution in [3.05, 3.63) is 53.5 Å². The van der Waals surface area contributed by atoms with Crippen LogP contribution < -0.4 is 0 Å². The second-order valence-corrected chi connectivity index (χ2v) is 8.82. The Morgan fingerprint density at radius 3 is 2.72 bits per heavy atom. The van der Waals surface area contributed by atoms with Gasteiger partial charge in [-0.25, -0.2) is 0 Å². The molecule has 0 fully saturated rings. The lowest BCUT2D eigenvalue weighted by Gasteiger charge is -2.27. The fraction of sp³-hybridized carbons (Fsp3) is 0.417. The van der Waals surface area contributed by atoms with E-state index in [-0.39, 0.29) is 17.7 Å². The van der Waals surface area contributed by atoms with Crippen molar-refractivity contribution in [1.82, 2.24) is 29.8 Å². The molecule has 0 unspecified atom stereocenters. The van der Waals surface area contributed by atoms with Gasteiger partial charge in [-0.3, -0.25) is 14.3 Å². The Morgan fingerprint density at radius 1 is 1.22 bits per heavy atom. The van der Waals surface area contributed by atoms with E-state index in [4.69, 9.17) is 0 Å². The molecule has 0 saturated heterocycles. The quantitative estimate of drug-likeness (QED) is 0.645. The van der Waals surface area contributed by atoms with E-state index in [1.54, 1.807) is 36.1 Å². The SMILES string of the molecule is CC(C)c1cc(C(=O)N(C)C)cc2cc(C3=CCCN(C(=O)CCn4ccnn4)C3)[nH]c12. The number of hydrogen-bond donors (Lipinski definition) is 1. The van der Waals surface area contributed by atoms with Gasteiger partial charge in [-0.05, 0) is 41.7 Å². The van der Waals surface area contributed by atoms with Gasteiger partial charge in [0, 0.05) is 62.0 Å². The fourth-order valence-electron chi connectivity index (χ4n) is 4.15. The third kappa shape index (κ3) is 4.44. The van der Waals surface area contributed by atoms with Crippen LogP contribution in [0.15, 0.2) is 36.7 Å². The predicted octanol–water partition coefficient (Wildman–Crippen LogP) is 3.29. The first-order valence-corrected chi connectivity index (χ1v) is 11.0. The number of aryl methyl sites for hydroxylation is 1. The molecule has 168 valence electrons. The monoisotopic (exact) mass is 434 g/mol. The lowest BCUT2D eigenvalue weighted by atomic mass is 9.97. The summed E-state index contributed by atoms with van der Waals surface area (Å²) in [5.41, 5.74) is 4.98. The van der Waals surface area contributed by atoms with Crippen LogP contribution in [0.1, 0.15) is 54.2 Å². The van der Waals surface area contributed by atoms with Crippen LogP contribution in [-0.4, -0.2) is 68.8 Å². The third-order valence-corrected chi connectivity index (χ3v) is 5.91. The lowest BCUT2D eigenvalue weighted by molar-refractivity contribution is -0.131. The van der Waals surface area contributed by atoms with Crippen LogP contribution in [0.4, 0.5) is 0 Å². The minimum Gasteiger partial charge on any atom is -0.355 e. The number of rotatable bonds is 6. The zero-order valence-corrected chi connectivity index (χ0v) is 19.1. The van der Waals surface area contributed by atoms with Crippen molar-refractivity contribution in [1.29, 1.82) is 0 Å². The zero-order chi connectivity index (χ0) is 22.8. The number of hydrogen-bond acceptors (Lipinski definition) is 4. The molecular formula is C24H30N6O2. The average molecular weight is 435 g/mol. The number of H-pyrrole nitrogens is 1. The first kappa shape index (κ1) is 21.8. The topological polar surface area (TPSA) is 87.1 Å². The zero-order valence-electron chi connectivity index (χ0n) is 19.1. The number of nitrogens with zero attached hydrogens (tertiary/aromatic N) is 5. The second-order valence-electron chi connectivity index (χ2n) is 8.82. The predicted molar refractivity (Wildman–Crippen MR) is 124 cm³/mol. The first-order chi connectivity index (χ1) is 15.3. The highest BCUT2D eigenvalue weighted by Gasteiger charge is 2.21. The molecule has 0 radical (unpaired) electrons. The molecule has 2 amide bonds. The highest BCUT2D eigenvalue weighted by atomic mass is 16.2. The Kier molecular flexibility index (Phi) is 6.12. The number of fused-ring (bicyclic) bond motifs is 1. The summed E-state index contributed by atoms with van der Waals surface area (Å²) in [6.07, 6.45) is 6.80. The summed E-state index contributed by atoms with van der Waals surface area (Å²) < 4.78 is 1.68. The Balaban J connectivity index is 1.57. The molecule has 0 aliphatic carbocycles. The van der Waals surface area contributed by atoms with E-state index in [1.165, 1.54) is 0 Å². The van der Waals surface area contributed by atoms with Gasteiger partial charge >= 0.3 is 0 Å². The minimum atomic E-state index is -0.00224. The van der Waals surface area contributed by atoms with Crippen LogP contribution >= 0.6 is 0 Å². The first-order valence-electron chi connectivity index (χ1n) is 11.0. The minimum absolute atomic E-state index is 0.00224. The average Bonchev–Trinajstić information content (AvgIpc) is 3.45. The van der Waals surface area contributed by atoms with Crippen LogP contribution in [0.5, 0.6) is 0 Å². The van der Waals surface area contributed by atoms with Gasteiger partial charge in [0.25, 0.3) is 5.91 Å². The maximum Gasteiger partial charge on any atom is 0.253 e. The molecule has 0 saturated carbocycles. The summed E-state index contributed by atoms with van der Waals surface area (Å²) in [5.74, 6) is 0.385. The summed E-state index contributed by atoms with van der Waals surface area (Å²) in [4.78, 5) is 32.4. The summed E-state index contributed by atoms with van der Waals surface area (Å²) in [6.45, 7) is 6.09. The van der Waals surface area contributed by atoms with Crippen LogP contribution in [0.25, 0.3) is 16.5 Å². The van der Waals surface area contributed by atoms with Crippen molar-refractivity contribution < 1.29 is 9.59 Å². The molecule has 1 aliphatic rings. The highest BCUT2D eigenvalue weighted by Crippen LogP contribution is 2.31. The molecular weight excluding hydrogens is 404 g/mol. The largest absolute Gasteiger partial charge is 0.355 e. The normalized spacial score (nSPS) is 14.2. The number of carbonyl (C=O) groups is 2. The smallest absolute Gasteiger partial charge is 0.253 e. The van der Waals surface area contributed by atoms with E-state index < -0.39 is 0 Å². The number of aromatic amines is 1. The molecule has 0 spiro atoms. The van der Waals surface area contributed by atoms with Gasteiger partial charge in [-0.15, -0.1) is 5.10 Å². The van der Waals surface area contributed by atoms with Crippen LogP contribution in [0, 0.1) is 0 Å². The van der Waals surface area contributed by atoms with E-state index in [9.17, 15) is 9.59 Å². The summed E-state index contributed by atoms with van der Waals surface area (Å²) in [7, 11) is 3.54. The van der Waals surface area contributed by atoms with Crippen molar-refractivity contribution in [2.24, 2.45) is 0 Å². The van der Waals surface area contributed by atoms with Crippen molar-refractivity contribution in [3.8, 4) is 0 Å². The van der Waals surface area contributed by atoms with Gasteiger partial charge in [-0.2, -0.15) is 0 Å². The molecule has 4 rings (SSSR count). The maximum absolute atomic E-state index is 12.8. The Hall–Kier alpha value is -3.42. The van der Waals surface area contributed by atoms with Gasteiger partial charge in [-0.1, -0.05) is 25.1 Å². The number of amides is 2.